The topological polar surface area (TPSA) is 55.7 Å². The van der Waals surface area contributed by atoms with Gasteiger partial charge in [0, 0.05) is 25.2 Å². The first-order chi connectivity index (χ1) is 10.1. The molecule has 3 rings (SSSR count). The molecule has 2 saturated heterocycles. The summed E-state index contributed by atoms with van der Waals surface area (Å²) in [5.74, 6) is 0.283. The fourth-order valence-electron chi connectivity index (χ4n) is 4.03. The summed E-state index contributed by atoms with van der Waals surface area (Å²) >= 11 is 0. The average molecular weight is 290 g/mol. The van der Waals surface area contributed by atoms with E-state index in [9.17, 15) is 10.2 Å². The normalized spacial score (nSPS) is 28.6. The Morgan fingerprint density at radius 3 is 2.52 bits per heavy atom. The van der Waals surface area contributed by atoms with Gasteiger partial charge in [-0.25, -0.2) is 0 Å². The van der Waals surface area contributed by atoms with Gasteiger partial charge in [-0.05, 0) is 68.8 Å². The Hall–Kier alpha value is -1.26. The molecule has 21 heavy (non-hydrogen) atoms. The molecule has 0 saturated carbocycles. The van der Waals surface area contributed by atoms with Crippen molar-refractivity contribution in [2.75, 3.05) is 26.2 Å². The number of hydrogen-bond acceptors (Lipinski definition) is 4. The van der Waals surface area contributed by atoms with Gasteiger partial charge in [0.1, 0.15) is 11.5 Å². The number of rotatable bonds is 2. The van der Waals surface area contributed by atoms with Crippen molar-refractivity contribution in [1.29, 1.82) is 0 Å². The molecule has 0 aromatic heterocycles. The van der Waals surface area contributed by atoms with E-state index in [0.29, 0.717) is 5.41 Å². The molecule has 2 unspecified atom stereocenters. The zero-order valence-corrected chi connectivity index (χ0v) is 12.8. The van der Waals surface area contributed by atoms with Crippen molar-refractivity contribution in [2.45, 2.75) is 38.6 Å². The second kappa shape index (κ2) is 5.85. The summed E-state index contributed by atoms with van der Waals surface area (Å²) in [5, 5.41) is 22.9. The van der Waals surface area contributed by atoms with E-state index in [1.165, 1.54) is 31.7 Å². The van der Waals surface area contributed by atoms with Crippen LogP contribution in [0.1, 0.15) is 44.2 Å². The van der Waals surface area contributed by atoms with E-state index >= 15 is 0 Å². The van der Waals surface area contributed by atoms with Crippen molar-refractivity contribution in [3.63, 3.8) is 0 Å². The number of likely N-dealkylation sites (tertiary alicyclic amines) is 1. The molecule has 1 spiro atoms. The second-order valence-corrected chi connectivity index (χ2v) is 6.81. The van der Waals surface area contributed by atoms with Gasteiger partial charge in [-0.3, -0.25) is 4.90 Å². The van der Waals surface area contributed by atoms with E-state index in [1.54, 1.807) is 12.1 Å². The first kappa shape index (κ1) is 14.7. The summed E-state index contributed by atoms with van der Waals surface area (Å²) in [6.45, 7) is 6.65. The third-order valence-corrected chi connectivity index (χ3v) is 5.21. The molecule has 2 atom stereocenters. The first-order valence-electron chi connectivity index (χ1n) is 8.06. The molecule has 4 heteroatoms. The number of benzene rings is 1. The fourth-order valence-corrected chi connectivity index (χ4v) is 4.03. The number of piperidine rings is 2. The van der Waals surface area contributed by atoms with Crippen molar-refractivity contribution in [2.24, 2.45) is 5.41 Å². The minimum absolute atomic E-state index is 0.142. The van der Waals surface area contributed by atoms with E-state index in [4.69, 9.17) is 0 Å². The van der Waals surface area contributed by atoms with Crippen LogP contribution in [0.5, 0.6) is 11.5 Å². The van der Waals surface area contributed by atoms with Gasteiger partial charge in [0.15, 0.2) is 0 Å². The Balaban J connectivity index is 1.76. The van der Waals surface area contributed by atoms with E-state index in [2.05, 4.69) is 17.1 Å². The van der Waals surface area contributed by atoms with Crippen molar-refractivity contribution < 1.29 is 10.2 Å². The summed E-state index contributed by atoms with van der Waals surface area (Å²) in [7, 11) is 0. The zero-order valence-electron chi connectivity index (χ0n) is 12.8. The Kier molecular flexibility index (Phi) is 4.09. The maximum Gasteiger partial charge on any atom is 0.119 e. The highest BCUT2D eigenvalue weighted by Gasteiger charge is 2.37. The van der Waals surface area contributed by atoms with Crippen LogP contribution in [0, 0.1) is 5.41 Å². The summed E-state index contributed by atoms with van der Waals surface area (Å²) in [4.78, 5) is 2.50. The maximum absolute atomic E-state index is 9.69. The lowest BCUT2D eigenvalue weighted by atomic mass is 9.74. The summed E-state index contributed by atoms with van der Waals surface area (Å²) in [6, 6.07) is 5.15. The quantitative estimate of drug-likeness (QED) is 0.784. The van der Waals surface area contributed by atoms with Gasteiger partial charge in [-0.1, -0.05) is 0 Å². The minimum atomic E-state index is 0.142. The molecule has 0 bridgehead atoms. The second-order valence-electron chi connectivity index (χ2n) is 6.81. The van der Waals surface area contributed by atoms with Crippen LogP contribution >= 0.6 is 0 Å². The summed E-state index contributed by atoms with van der Waals surface area (Å²) in [6.07, 6.45) is 5.13. The van der Waals surface area contributed by atoms with Crippen molar-refractivity contribution in [3.05, 3.63) is 23.8 Å². The third-order valence-electron chi connectivity index (χ3n) is 5.21. The van der Waals surface area contributed by atoms with E-state index in [-0.39, 0.29) is 17.5 Å². The molecule has 2 aliphatic rings. The largest absolute Gasteiger partial charge is 0.508 e. The average Bonchev–Trinajstić information content (AvgIpc) is 2.46. The molecule has 0 amide bonds. The molecule has 116 valence electrons. The minimum Gasteiger partial charge on any atom is -0.508 e. The van der Waals surface area contributed by atoms with Gasteiger partial charge < -0.3 is 15.5 Å². The molecular weight excluding hydrogens is 264 g/mol. The smallest absolute Gasteiger partial charge is 0.119 e. The Bertz CT molecular complexity index is 472. The van der Waals surface area contributed by atoms with Gasteiger partial charge in [0.05, 0.1) is 0 Å². The van der Waals surface area contributed by atoms with Crippen molar-refractivity contribution >= 4 is 0 Å². The van der Waals surface area contributed by atoms with E-state index in [1.807, 2.05) is 0 Å². The van der Waals surface area contributed by atoms with Crippen LogP contribution in [0.25, 0.3) is 0 Å². The summed E-state index contributed by atoms with van der Waals surface area (Å²) < 4.78 is 0. The molecular formula is C17H26N2O2. The highest BCUT2D eigenvalue weighted by atomic mass is 16.3. The maximum atomic E-state index is 9.69. The Morgan fingerprint density at radius 2 is 1.86 bits per heavy atom. The lowest BCUT2D eigenvalue weighted by Gasteiger charge is -2.47. The predicted molar refractivity (Wildman–Crippen MR) is 83.5 cm³/mol. The molecule has 2 fully saturated rings. The fraction of sp³-hybridized carbons (Fsp3) is 0.647. The Labute approximate surface area is 126 Å². The standard InChI is InChI=1S/C17H26N2O2/c1-13(14-8-15(20)10-16(21)9-14)19-7-3-5-17(12-19)4-2-6-18-11-17/h8-10,13,18,20-21H,2-7,11-12H2,1H3. The van der Waals surface area contributed by atoms with Gasteiger partial charge in [-0.15, -0.1) is 0 Å². The van der Waals surface area contributed by atoms with Crippen LogP contribution in [0.3, 0.4) is 0 Å². The number of nitrogens with one attached hydrogen (secondary N) is 1. The highest BCUT2D eigenvalue weighted by Crippen LogP contribution is 2.39. The predicted octanol–water partition coefficient (Wildman–Crippen LogP) is 2.62. The first-order valence-corrected chi connectivity index (χ1v) is 8.06. The van der Waals surface area contributed by atoms with E-state index < -0.39 is 0 Å². The van der Waals surface area contributed by atoms with Crippen molar-refractivity contribution in [1.82, 2.24) is 10.2 Å². The number of aromatic hydroxyl groups is 2. The van der Waals surface area contributed by atoms with Crippen LogP contribution in [0.15, 0.2) is 18.2 Å². The lowest BCUT2D eigenvalue weighted by molar-refractivity contribution is 0.0415. The molecule has 2 aliphatic heterocycles. The highest BCUT2D eigenvalue weighted by molar-refractivity contribution is 5.38. The van der Waals surface area contributed by atoms with Crippen LogP contribution in [-0.2, 0) is 0 Å². The third kappa shape index (κ3) is 3.16. The number of phenolic OH excluding ortho intramolecular Hbond substituents is 2. The van der Waals surface area contributed by atoms with E-state index in [0.717, 1.165) is 31.7 Å². The van der Waals surface area contributed by atoms with Crippen LogP contribution in [-0.4, -0.2) is 41.3 Å². The van der Waals surface area contributed by atoms with Crippen LogP contribution < -0.4 is 5.32 Å². The SMILES string of the molecule is CC(c1cc(O)cc(O)c1)N1CCCC2(CCCNC2)C1. The molecule has 1 aromatic carbocycles. The molecule has 0 radical (unpaired) electrons. The van der Waals surface area contributed by atoms with Gasteiger partial charge in [0.25, 0.3) is 0 Å². The molecule has 3 N–H and O–H groups in total. The molecule has 1 aromatic rings. The monoisotopic (exact) mass is 290 g/mol. The number of phenols is 2. The number of nitrogens with zero attached hydrogens (tertiary/aromatic N) is 1. The Morgan fingerprint density at radius 1 is 1.14 bits per heavy atom. The van der Waals surface area contributed by atoms with Gasteiger partial charge >= 0.3 is 0 Å². The van der Waals surface area contributed by atoms with Crippen molar-refractivity contribution in [3.8, 4) is 11.5 Å². The molecule has 2 heterocycles. The molecule has 0 aliphatic carbocycles. The van der Waals surface area contributed by atoms with Gasteiger partial charge in [0.2, 0.25) is 0 Å². The lowest BCUT2D eigenvalue weighted by Crippen LogP contribution is -2.51. The van der Waals surface area contributed by atoms with Gasteiger partial charge in [-0.2, -0.15) is 0 Å². The number of hydrogen-bond donors (Lipinski definition) is 3. The van der Waals surface area contributed by atoms with Crippen LogP contribution in [0.4, 0.5) is 0 Å². The summed E-state index contributed by atoms with van der Waals surface area (Å²) in [5.41, 5.74) is 1.41. The van der Waals surface area contributed by atoms with Crippen LogP contribution in [0.2, 0.25) is 0 Å². The molecule has 4 nitrogen and oxygen atoms in total. The zero-order chi connectivity index (χ0) is 14.9.